The van der Waals surface area contributed by atoms with Crippen LogP contribution in [0.2, 0.25) is 5.15 Å². The number of hydrogen-bond donors (Lipinski definition) is 1. The summed E-state index contributed by atoms with van der Waals surface area (Å²) in [4.78, 5) is 20.2. The highest BCUT2D eigenvalue weighted by molar-refractivity contribution is 6.29. The van der Waals surface area contributed by atoms with Crippen LogP contribution >= 0.6 is 11.6 Å². The lowest BCUT2D eigenvalue weighted by Crippen LogP contribution is -2.12. The van der Waals surface area contributed by atoms with Crippen molar-refractivity contribution in [1.82, 2.24) is 9.97 Å². The predicted molar refractivity (Wildman–Crippen MR) is 98.8 cm³/mol. The number of carbonyl (C=O) groups excluding carboxylic acids is 1. The van der Waals surface area contributed by atoms with Crippen LogP contribution in [0.25, 0.3) is 0 Å². The summed E-state index contributed by atoms with van der Waals surface area (Å²) in [5.74, 6) is 0.806. The molecule has 1 aromatic carbocycles. The fourth-order valence-electron chi connectivity index (χ4n) is 2.22. The minimum absolute atomic E-state index is 0.292. The summed E-state index contributed by atoms with van der Waals surface area (Å²) in [5, 5.41) is 3.13. The maximum Gasteiger partial charge on any atom is 0.257 e. The van der Waals surface area contributed by atoms with Crippen molar-refractivity contribution in [2.45, 2.75) is 6.61 Å². The molecule has 0 aliphatic rings. The number of ether oxygens (including phenoxy) is 2. The number of nitrogens with zero attached hydrogens (tertiary/aromatic N) is 2. The second kappa shape index (κ2) is 8.31. The molecule has 0 atom stereocenters. The predicted octanol–water partition coefficient (Wildman–Crippen LogP) is 3.97. The summed E-state index contributed by atoms with van der Waals surface area (Å²) in [7, 11) is 1.56. The van der Waals surface area contributed by atoms with Crippen LogP contribution in [0.15, 0.2) is 61.1 Å². The van der Waals surface area contributed by atoms with Crippen molar-refractivity contribution in [1.29, 1.82) is 0 Å². The van der Waals surface area contributed by atoms with Crippen LogP contribution < -0.4 is 14.8 Å². The molecule has 2 aromatic heterocycles. The highest BCUT2D eigenvalue weighted by Crippen LogP contribution is 2.31. The molecule has 2 heterocycles. The van der Waals surface area contributed by atoms with E-state index in [1.54, 1.807) is 49.8 Å². The molecule has 3 aromatic rings. The Morgan fingerprint density at radius 3 is 2.62 bits per heavy atom. The minimum atomic E-state index is -0.292. The first-order chi connectivity index (χ1) is 12.7. The first-order valence-electron chi connectivity index (χ1n) is 7.78. The highest BCUT2D eigenvalue weighted by atomic mass is 35.5. The molecular weight excluding hydrogens is 354 g/mol. The molecule has 0 aliphatic heterocycles. The van der Waals surface area contributed by atoms with Gasteiger partial charge in [0.05, 0.1) is 12.7 Å². The van der Waals surface area contributed by atoms with Gasteiger partial charge in [-0.25, -0.2) is 4.98 Å². The molecule has 0 spiro atoms. The third-order valence-corrected chi connectivity index (χ3v) is 3.78. The third kappa shape index (κ3) is 4.49. The summed E-state index contributed by atoms with van der Waals surface area (Å²) < 4.78 is 11.1. The zero-order valence-corrected chi connectivity index (χ0v) is 14.7. The smallest absolute Gasteiger partial charge is 0.257 e. The molecule has 0 saturated carbocycles. The van der Waals surface area contributed by atoms with E-state index in [0.717, 1.165) is 5.56 Å². The van der Waals surface area contributed by atoms with Crippen LogP contribution in [0.1, 0.15) is 15.9 Å². The summed E-state index contributed by atoms with van der Waals surface area (Å²) in [6.45, 7) is 0.359. The lowest BCUT2D eigenvalue weighted by Gasteiger charge is -2.13. The van der Waals surface area contributed by atoms with Crippen molar-refractivity contribution in [2.24, 2.45) is 0 Å². The molecule has 26 heavy (non-hydrogen) atoms. The van der Waals surface area contributed by atoms with Gasteiger partial charge in [-0.1, -0.05) is 11.6 Å². The van der Waals surface area contributed by atoms with Gasteiger partial charge in [0.15, 0.2) is 11.5 Å². The number of benzene rings is 1. The Bertz CT molecular complexity index is 886. The van der Waals surface area contributed by atoms with E-state index in [1.165, 1.54) is 6.20 Å². The second-order valence-electron chi connectivity index (χ2n) is 5.33. The van der Waals surface area contributed by atoms with E-state index in [1.807, 2.05) is 12.1 Å². The molecule has 0 bridgehead atoms. The fraction of sp³-hybridized carbons (Fsp3) is 0.105. The molecule has 132 valence electrons. The number of anilines is 1. The van der Waals surface area contributed by atoms with Crippen LogP contribution in [-0.2, 0) is 6.61 Å². The topological polar surface area (TPSA) is 73.3 Å². The van der Waals surface area contributed by atoms with Crippen molar-refractivity contribution in [2.75, 3.05) is 12.4 Å². The molecule has 0 radical (unpaired) electrons. The summed E-state index contributed by atoms with van der Waals surface area (Å²) >= 11 is 5.74. The Morgan fingerprint density at radius 1 is 1.12 bits per heavy atom. The van der Waals surface area contributed by atoms with Crippen LogP contribution in [0.4, 0.5) is 5.69 Å². The van der Waals surface area contributed by atoms with E-state index < -0.39 is 0 Å². The molecular formula is C19H16ClN3O3. The zero-order valence-electron chi connectivity index (χ0n) is 14.0. The molecule has 6 nitrogen and oxygen atoms in total. The van der Waals surface area contributed by atoms with Gasteiger partial charge in [-0.05, 0) is 42.0 Å². The van der Waals surface area contributed by atoms with E-state index >= 15 is 0 Å². The number of pyridine rings is 2. The van der Waals surface area contributed by atoms with Crippen LogP contribution in [0.3, 0.4) is 0 Å². The lowest BCUT2D eigenvalue weighted by atomic mass is 10.2. The van der Waals surface area contributed by atoms with Gasteiger partial charge in [0.2, 0.25) is 0 Å². The lowest BCUT2D eigenvalue weighted by molar-refractivity contribution is 0.102. The standard InChI is InChI=1S/C19H16ClN3O3/c1-25-16-4-3-15(23-19(24)14-2-5-18(20)22-11-14)10-17(16)26-12-13-6-8-21-9-7-13/h2-11H,12H2,1H3,(H,23,24). The van der Waals surface area contributed by atoms with Crippen LogP contribution in [0.5, 0.6) is 11.5 Å². The summed E-state index contributed by atoms with van der Waals surface area (Å²) in [6, 6.07) is 12.1. The van der Waals surface area contributed by atoms with E-state index in [-0.39, 0.29) is 5.91 Å². The Kier molecular flexibility index (Phi) is 5.66. The summed E-state index contributed by atoms with van der Waals surface area (Å²) in [6.07, 6.45) is 4.82. The zero-order chi connectivity index (χ0) is 18.4. The Morgan fingerprint density at radius 2 is 1.92 bits per heavy atom. The average Bonchev–Trinajstić information content (AvgIpc) is 2.68. The number of amides is 1. The van der Waals surface area contributed by atoms with Gasteiger partial charge >= 0.3 is 0 Å². The number of carbonyl (C=O) groups is 1. The molecule has 0 unspecified atom stereocenters. The molecule has 0 saturated heterocycles. The second-order valence-corrected chi connectivity index (χ2v) is 5.72. The maximum atomic E-state index is 12.3. The fourth-order valence-corrected chi connectivity index (χ4v) is 2.33. The van der Waals surface area contributed by atoms with E-state index in [0.29, 0.717) is 34.5 Å². The Hall–Kier alpha value is -3.12. The average molecular weight is 370 g/mol. The van der Waals surface area contributed by atoms with Gasteiger partial charge in [-0.2, -0.15) is 0 Å². The molecule has 3 rings (SSSR count). The Labute approximate surface area is 155 Å². The summed E-state index contributed by atoms with van der Waals surface area (Å²) in [5.41, 5.74) is 1.96. The largest absolute Gasteiger partial charge is 0.493 e. The number of aromatic nitrogens is 2. The minimum Gasteiger partial charge on any atom is -0.493 e. The van der Waals surface area contributed by atoms with E-state index in [4.69, 9.17) is 21.1 Å². The van der Waals surface area contributed by atoms with Gasteiger partial charge in [-0.15, -0.1) is 0 Å². The number of rotatable bonds is 6. The highest BCUT2D eigenvalue weighted by Gasteiger charge is 2.10. The van der Waals surface area contributed by atoms with Gasteiger partial charge < -0.3 is 14.8 Å². The van der Waals surface area contributed by atoms with Crippen molar-refractivity contribution in [3.05, 3.63) is 77.3 Å². The molecule has 1 N–H and O–H groups in total. The third-order valence-electron chi connectivity index (χ3n) is 3.55. The van der Waals surface area contributed by atoms with Crippen molar-refractivity contribution < 1.29 is 14.3 Å². The first-order valence-corrected chi connectivity index (χ1v) is 8.16. The number of halogens is 1. The quantitative estimate of drug-likeness (QED) is 0.665. The van der Waals surface area contributed by atoms with Crippen molar-refractivity contribution in [3.8, 4) is 11.5 Å². The number of nitrogens with one attached hydrogen (secondary N) is 1. The monoisotopic (exact) mass is 369 g/mol. The SMILES string of the molecule is COc1ccc(NC(=O)c2ccc(Cl)nc2)cc1OCc1ccncc1. The van der Waals surface area contributed by atoms with E-state index in [9.17, 15) is 4.79 Å². The van der Waals surface area contributed by atoms with Gasteiger partial charge in [0.25, 0.3) is 5.91 Å². The van der Waals surface area contributed by atoms with Crippen LogP contribution in [-0.4, -0.2) is 23.0 Å². The number of hydrogen-bond acceptors (Lipinski definition) is 5. The number of methoxy groups -OCH3 is 1. The molecule has 1 amide bonds. The van der Waals surface area contributed by atoms with Crippen molar-refractivity contribution >= 4 is 23.2 Å². The van der Waals surface area contributed by atoms with Gasteiger partial charge in [-0.3, -0.25) is 9.78 Å². The van der Waals surface area contributed by atoms with E-state index in [2.05, 4.69) is 15.3 Å². The van der Waals surface area contributed by atoms with Gasteiger partial charge in [0, 0.05) is 30.3 Å². The van der Waals surface area contributed by atoms with Gasteiger partial charge in [0.1, 0.15) is 11.8 Å². The molecule has 0 fully saturated rings. The first kappa shape index (κ1) is 17.7. The van der Waals surface area contributed by atoms with Crippen LogP contribution in [0, 0.1) is 0 Å². The molecule has 7 heteroatoms. The normalized spacial score (nSPS) is 10.2. The maximum absolute atomic E-state index is 12.3. The molecule has 0 aliphatic carbocycles. The Balaban J connectivity index is 1.74. The van der Waals surface area contributed by atoms with Crippen molar-refractivity contribution in [3.63, 3.8) is 0 Å².